The van der Waals surface area contributed by atoms with E-state index in [0.717, 1.165) is 10.5 Å². The van der Waals surface area contributed by atoms with Gasteiger partial charge in [0.05, 0.1) is 12.8 Å². The van der Waals surface area contributed by atoms with Crippen molar-refractivity contribution in [3.8, 4) is 5.75 Å². The number of anilines is 1. The Morgan fingerprint density at radius 3 is 2.45 bits per heavy atom. The highest BCUT2D eigenvalue weighted by atomic mass is 16.6. The molecular weight excluding hydrogens is 376 g/mol. The van der Waals surface area contributed by atoms with Gasteiger partial charge in [-0.2, -0.15) is 0 Å². The lowest BCUT2D eigenvalue weighted by atomic mass is 10.1. The number of ether oxygens (including phenoxy) is 2. The van der Waals surface area contributed by atoms with E-state index >= 15 is 0 Å². The molecule has 0 atom stereocenters. The maximum atomic E-state index is 12.9. The summed E-state index contributed by atoms with van der Waals surface area (Å²) in [5.41, 5.74) is 1.46. The highest BCUT2D eigenvalue weighted by Gasteiger charge is 2.36. The normalized spacial score (nSPS) is 15.3. The van der Waals surface area contributed by atoms with Crippen molar-refractivity contribution >= 4 is 35.6 Å². The number of barbiturate groups is 1. The van der Waals surface area contributed by atoms with Gasteiger partial charge in [0.15, 0.2) is 6.61 Å². The molecule has 2 aromatic rings. The van der Waals surface area contributed by atoms with Crippen molar-refractivity contribution in [3.63, 3.8) is 0 Å². The molecule has 1 aliphatic heterocycles. The summed E-state index contributed by atoms with van der Waals surface area (Å²) in [5, 5.41) is 2.17. The van der Waals surface area contributed by atoms with Gasteiger partial charge in [0.1, 0.15) is 11.3 Å². The van der Waals surface area contributed by atoms with Crippen LogP contribution in [0.2, 0.25) is 0 Å². The lowest BCUT2D eigenvalue weighted by molar-refractivity contribution is -0.143. The molecule has 1 fully saturated rings. The summed E-state index contributed by atoms with van der Waals surface area (Å²) in [6, 6.07) is 12.5. The van der Waals surface area contributed by atoms with Gasteiger partial charge in [-0.3, -0.25) is 14.9 Å². The second kappa shape index (κ2) is 8.39. The summed E-state index contributed by atoms with van der Waals surface area (Å²) >= 11 is 0. The number of esters is 1. The number of nitrogens with zero attached hydrogens (tertiary/aromatic N) is 1. The number of benzene rings is 2. The van der Waals surface area contributed by atoms with Crippen LogP contribution in [0, 0.1) is 6.92 Å². The van der Waals surface area contributed by atoms with Crippen molar-refractivity contribution in [1.29, 1.82) is 0 Å². The number of imide groups is 2. The van der Waals surface area contributed by atoms with Crippen LogP contribution >= 0.6 is 0 Å². The Labute approximate surface area is 166 Å². The number of nitrogens with one attached hydrogen (secondary N) is 1. The van der Waals surface area contributed by atoms with Crippen LogP contribution in [-0.2, 0) is 19.1 Å². The summed E-state index contributed by atoms with van der Waals surface area (Å²) in [4.78, 5) is 49.7. The number of hydrogen-bond acceptors (Lipinski definition) is 6. The molecule has 2 aromatic carbocycles. The second-order valence-corrected chi connectivity index (χ2v) is 6.20. The lowest BCUT2D eigenvalue weighted by Crippen LogP contribution is -2.54. The first-order valence-corrected chi connectivity index (χ1v) is 8.67. The van der Waals surface area contributed by atoms with Gasteiger partial charge in [-0.25, -0.2) is 14.5 Å². The zero-order chi connectivity index (χ0) is 21.0. The first-order chi connectivity index (χ1) is 13.9. The van der Waals surface area contributed by atoms with Crippen LogP contribution < -0.4 is 15.0 Å². The molecular formula is C21H18N2O6. The first-order valence-electron chi connectivity index (χ1n) is 8.67. The Morgan fingerprint density at radius 1 is 1.07 bits per heavy atom. The molecule has 3 rings (SSSR count). The van der Waals surface area contributed by atoms with Crippen molar-refractivity contribution < 1.29 is 28.7 Å². The van der Waals surface area contributed by atoms with Gasteiger partial charge in [0, 0.05) is 5.56 Å². The average molecular weight is 394 g/mol. The fourth-order valence-corrected chi connectivity index (χ4v) is 2.67. The molecule has 0 bridgehead atoms. The van der Waals surface area contributed by atoms with E-state index in [1.54, 1.807) is 48.5 Å². The molecule has 8 nitrogen and oxygen atoms in total. The quantitative estimate of drug-likeness (QED) is 0.474. The molecule has 0 aromatic heterocycles. The summed E-state index contributed by atoms with van der Waals surface area (Å²) < 4.78 is 9.94. The van der Waals surface area contributed by atoms with Crippen molar-refractivity contribution in [1.82, 2.24) is 5.32 Å². The van der Waals surface area contributed by atoms with Crippen LogP contribution in [-0.4, -0.2) is 37.5 Å². The van der Waals surface area contributed by atoms with E-state index in [2.05, 4.69) is 10.1 Å². The van der Waals surface area contributed by atoms with Crippen molar-refractivity contribution in [3.05, 3.63) is 65.2 Å². The molecule has 0 spiro atoms. The molecule has 0 radical (unpaired) electrons. The number of hydrogen-bond donors (Lipinski definition) is 1. The van der Waals surface area contributed by atoms with Gasteiger partial charge in [-0.15, -0.1) is 0 Å². The maximum absolute atomic E-state index is 12.9. The predicted molar refractivity (Wildman–Crippen MR) is 104 cm³/mol. The number of carbonyl (C=O) groups is 4. The Bertz CT molecular complexity index is 1010. The SMILES string of the molecule is COC(=O)COc1ccccc1/C=C1\C(=O)NC(=O)N(c2ccc(C)cc2)C1=O. The van der Waals surface area contributed by atoms with Crippen LogP contribution in [0.1, 0.15) is 11.1 Å². The third-order valence-electron chi connectivity index (χ3n) is 4.19. The number of urea groups is 1. The Hall–Kier alpha value is -3.94. The van der Waals surface area contributed by atoms with Gasteiger partial charge in [0.25, 0.3) is 11.8 Å². The van der Waals surface area contributed by atoms with E-state index in [4.69, 9.17) is 4.74 Å². The molecule has 1 aliphatic rings. The topological polar surface area (TPSA) is 102 Å². The zero-order valence-corrected chi connectivity index (χ0v) is 15.8. The molecule has 1 heterocycles. The van der Waals surface area contributed by atoms with Crippen LogP contribution in [0.25, 0.3) is 6.08 Å². The third-order valence-corrected chi connectivity index (χ3v) is 4.19. The monoisotopic (exact) mass is 394 g/mol. The largest absolute Gasteiger partial charge is 0.481 e. The molecule has 0 unspecified atom stereocenters. The number of aryl methyl sites for hydroxylation is 1. The molecule has 1 saturated heterocycles. The van der Waals surface area contributed by atoms with Crippen molar-refractivity contribution in [2.75, 3.05) is 18.6 Å². The Morgan fingerprint density at radius 2 is 1.76 bits per heavy atom. The average Bonchev–Trinajstić information content (AvgIpc) is 2.71. The molecule has 0 saturated carbocycles. The minimum absolute atomic E-state index is 0.237. The van der Waals surface area contributed by atoms with E-state index in [-0.39, 0.29) is 17.9 Å². The summed E-state index contributed by atoms with van der Waals surface area (Å²) in [5.74, 6) is -1.86. The Balaban J connectivity index is 1.95. The Kier molecular flexibility index (Phi) is 5.73. The second-order valence-electron chi connectivity index (χ2n) is 6.20. The standard InChI is InChI=1S/C21H18N2O6/c1-13-7-9-15(10-8-13)23-20(26)16(19(25)22-21(23)27)11-14-5-3-4-6-17(14)29-12-18(24)28-2/h3-11H,12H2,1-2H3,(H,22,25,27)/b16-11+. The van der Waals surface area contributed by atoms with Gasteiger partial charge in [-0.1, -0.05) is 35.9 Å². The zero-order valence-electron chi connectivity index (χ0n) is 15.8. The highest BCUT2D eigenvalue weighted by Crippen LogP contribution is 2.25. The first kappa shape index (κ1) is 19.8. The van der Waals surface area contributed by atoms with E-state index in [9.17, 15) is 19.2 Å². The van der Waals surface area contributed by atoms with Crippen molar-refractivity contribution in [2.24, 2.45) is 0 Å². The fraction of sp³-hybridized carbons (Fsp3) is 0.143. The van der Waals surface area contributed by atoms with Crippen LogP contribution in [0.3, 0.4) is 0 Å². The number of carbonyl (C=O) groups excluding carboxylic acids is 4. The minimum atomic E-state index is -0.823. The van der Waals surface area contributed by atoms with Gasteiger partial charge >= 0.3 is 12.0 Å². The molecule has 148 valence electrons. The van der Waals surface area contributed by atoms with Crippen LogP contribution in [0.5, 0.6) is 5.75 Å². The highest BCUT2D eigenvalue weighted by molar-refractivity contribution is 6.39. The lowest BCUT2D eigenvalue weighted by Gasteiger charge is -2.26. The summed E-state index contributed by atoms with van der Waals surface area (Å²) in [7, 11) is 1.24. The van der Waals surface area contributed by atoms with Gasteiger partial charge in [-0.05, 0) is 31.2 Å². The van der Waals surface area contributed by atoms with E-state index in [0.29, 0.717) is 11.3 Å². The third kappa shape index (κ3) is 4.32. The van der Waals surface area contributed by atoms with E-state index < -0.39 is 23.8 Å². The van der Waals surface area contributed by atoms with Crippen LogP contribution in [0.15, 0.2) is 54.1 Å². The number of amides is 4. The summed E-state index contributed by atoms with van der Waals surface area (Å²) in [6.07, 6.45) is 1.32. The predicted octanol–water partition coefficient (Wildman–Crippen LogP) is 2.21. The molecule has 0 aliphatic carbocycles. The smallest absolute Gasteiger partial charge is 0.343 e. The number of para-hydroxylation sites is 1. The number of methoxy groups -OCH3 is 1. The fourth-order valence-electron chi connectivity index (χ4n) is 2.67. The van der Waals surface area contributed by atoms with Gasteiger partial charge < -0.3 is 9.47 Å². The van der Waals surface area contributed by atoms with E-state index in [1.165, 1.54) is 13.2 Å². The molecule has 29 heavy (non-hydrogen) atoms. The molecule has 8 heteroatoms. The van der Waals surface area contributed by atoms with Crippen LogP contribution in [0.4, 0.5) is 10.5 Å². The molecule has 1 N–H and O–H groups in total. The van der Waals surface area contributed by atoms with Gasteiger partial charge in [0.2, 0.25) is 0 Å². The molecule has 4 amide bonds. The van der Waals surface area contributed by atoms with Crippen molar-refractivity contribution in [2.45, 2.75) is 6.92 Å². The maximum Gasteiger partial charge on any atom is 0.343 e. The summed E-state index contributed by atoms with van der Waals surface area (Å²) in [6.45, 7) is 1.55. The van der Waals surface area contributed by atoms with E-state index in [1.807, 2.05) is 6.92 Å². The number of rotatable bonds is 5. The minimum Gasteiger partial charge on any atom is -0.481 e.